The van der Waals surface area contributed by atoms with Gasteiger partial charge in [0.1, 0.15) is 0 Å². The van der Waals surface area contributed by atoms with Gasteiger partial charge in [0.2, 0.25) is 0 Å². The highest BCUT2D eigenvalue weighted by atomic mass is 35.5. The molecule has 0 saturated heterocycles. The number of amides is 1. The summed E-state index contributed by atoms with van der Waals surface area (Å²) in [5.74, 6) is -0.335. The zero-order valence-corrected chi connectivity index (χ0v) is 11.3. The molecule has 5 heteroatoms. The monoisotopic (exact) mass is 285 g/mol. The first-order valence-corrected chi connectivity index (χ1v) is 6.29. The van der Waals surface area contributed by atoms with E-state index < -0.39 is 0 Å². The van der Waals surface area contributed by atoms with E-state index in [1.54, 1.807) is 24.4 Å². The summed E-state index contributed by atoms with van der Waals surface area (Å²) in [6, 6.07) is 12.9. The number of pyridine rings is 1. The van der Waals surface area contributed by atoms with Crippen LogP contribution in [0, 0.1) is 0 Å². The van der Waals surface area contributed by atoms with Crippen LogP contribution in [0.15, 0.2) is 65.0 Å². The molecule has 2 rings (SSSR count). The lowest BCUT2D eigenvalue weighted by atomic mass is 10.2. The van der Waals surface area contributed by atoms with E-state index in [1.165, 1.54) is 12.4 Å². The maximum atomic E-state index is 11.7. The number of nitrogens with zero attached hydrogens (tertiary/aromatic N) is 2. The molecular formula is C15H12ClN3O. The second-order valence-electron chi connectivity index (χ2n) is 3.88. The third-order valence-corrected chi connectivity index (χ3v) is 2.59. The average Bonchev–Trinajstić information content (AvgIpc) is 2.49. The largest absolute Gasteiger partial charge is 0.272 e. The fraction of sp³-hybridized carbons (Fsp3) is 0. The van der Waals surface area contributed by atoms with Crippen molar-refractivity contribution in [3.63, 3.8) is 0 Å². The van der Waals surface area contributed by atoms with Gasteiger partial charge in [-0.25, -0.2) is 5.43 Å². The van der Waals surface area contributed by atoms with Crippen LogP contribution in [-0.4, -0.2) is 17.1 Å². The number of allylic oxidation sites excluding steroid dienone is 1. The fourth-order valence-corrected chi connectivity index (χ4v) is 1.63. The number of benzene rings is 1. The first-order chi connectivity index (χ1) is 9.75. The minimum atomic E-state index is -0.335. The molecule has 1 amide bonds. The van der Waals surface area contributed by atoms with Crippen LogP contribution in [0.1, 0.15) is 15.9 Å². The van der Waals surface area contributed by atoms with E-state index >= 15 is 0 Å². The summed E-state index contributed by atoms with van der Waals surface area (Å²) in [5, 5.41) is 4.21. The fourth-order valence-electron chi connectivity index (χ4n) is 1.46. The number of nitrogens with one attached hydrogen (secondary N) is 1. The van der Waals surface area contributed by atoms with Crippen LogP contribution >= 0.6 is 11.6 Å². The normalized spacial score (nSPS) is 11.6. The van der Waals surface area contributed by atoms with Crippen molar-refractivity contribution < 1.29 is 4.79 Å². The van der Waals surface area contributed by atoms with Crippen molar-refractivity contribution in [1.29, 1.82) is 0 Å². The second kappa shape index (κ2) is 7.21. The van der Waals surface area contributed by atoms with E-state index in [0.717, 1.165) is 5.56 Å². The molecule has 0 atom stereocenters. The van der Waals surface area contributed by atoms with E-state index in [-0.39, 0.29) is 5.91 Å². The Morgan fingerprint density at radius 2 is 2.00 bits per heavy atom. The molecule has 1 heterocycles. The summed E-state index contributed by atoms with van der Waals surface area (Å²) in [5.41, 5.74) is 3.78. The van der Waals surface area contributed by atoms with Crippen molar-refractivity contribution in [3.05, 3.63) is 71.0 Å². The van der Waals surface area contributed by atoms with Gasteiger partial charge in [0.25, 0.3) is 5.91 Å². The van der Waals surface area contributed by atoms with Crippen LogP contribution in [0.5, 0.6) is 0 Å². The third kappa shape index (κ3) is 4.33. The maximum Gasteiger partial charge on any atom is 0.272 e. The van der Waals surface area contributed by atoms with E-state index in [0.29, 0.717) is 10.6 Å². The Hall–Kier alpha value is -2.46. The van der Waals surface area contributed by atoms with Gasteiger partial charge in [0.05, 0.1) is 16.8 Å². The van der Waals surface area contributed by atoms with E-state index in [9.17, 15) is 4.79 Å². The predicted molar refractivity (Wildman–Crippen MR) is 80.5 cm³/mol. The minimum absolute atomic E-state index is 0.335. The van der Waals surface area contributed by atoms with Gasteiger partial charge in [0, 0.05) is 12.4 Å². The van der Waals surface area contributed by atoms with Crippen LogP contribution in [0.25, 0.3) is 6.08 Å². The number of hydrogen-bond donors (Lipinski definition) is 1. The summed E-state index contributed by atoms with van der Waals surface area (Å²) >= 11 is 5.99. The Morgan fingerprint density at radius 1 is 1.20 bits per heavy atom. The highest BCUT2D eigenvalue weighted by Gasteiger charge is 2.02. The molecule has 0 spiro atoms. The van der Waals surface area contributed by atoms with Crippen LogP contribution in [0.4, 0.5) is 0 Å². The lowest BCUT2D eigenvalue weighted by molar-refractivity contribution is 0.0955. The molecule has 0 aliphatic carbocycles. The number of halogens is 1. The standard InChI is InChI=1S/C15H12ClN3O/c16-14(9-12-5-2-1-3-6-12)11-18-19-15(20)13-7-4-8-17-10-13/h1-11H,(H,19,20)/b14-9+,18-11-. The van der Waals surface area contributed by atoms with E-state index in [1.807, 2.05) is 30.3 Å². The first kappa shape index (κ1) is 14.0. The SMILES string of the molecule is O=C(N/N=C\C(Cl)=C/c1ccccc1)c1cccnc1. The summed E-state index contributed by atoms with van der Waals surface area (Å²) in [4.78, 5) is 15.5. The van der Waals surface area contributed by atoms with Gasteiger partial charge in [-0.1, -0.05) is 41.9 Å². The molecule has 2 aromatic rings. The van der Waals surface area contributed by atoms with Gasteiger partial charge in [-0.15, -0.1) is 0 Å². The zero-order chi connectivity index (χ0) is 14.2. The van der Waals surface area contributed by atoms with Crippen LogP contribution < -0.4 is 5.43 Å². The highest BCUT2D eigenvalue weighted by Crippen LogP contribution is 2.07. The summed E-state index contributed by atoms with van der Waals surface area (Å²) in [6.07, 6.45) is 6.19. The van der Waals surface area contributed by atoms with Crippen molar-refractivity contribution in [2.75, 3.05) is 0 Å². The number of hydrazone groups is 1. The lowest BCUT2D eigenvalue weighted by Crippen LogP contribution is -2.17. The number of aromatic nitrogens is 1. The van der Waals surface area contributed by atoms with Gasteiger partial charge in [0.15, 0.2) is 0 Å². The Balaban J connectivity index is 1.94. The van der Waals surface area contributed by atoms with E-state index in [4.69, 9.17) is 11.6 Å². The van der Waals surface area contributed by atoms with Crippen LogP contribution in [0.2, 0.25) is 0 Å². The van der Waals surface area contributed by atoms with Gasteiger partial charge < -0.3 is 0 Å². The van der Waals surface area contributed by atoms with Crippen LogP contribution in [-0.2, 0) is 0 Å². The summed E-state index contributed by atoms with van der Waals surface area (Å²) in [7, 11) is 0. The molecule has 0 unspecified atom stereocenters. The molecule has 20 heavy (non-hydrogen) atoms. The Labute approximate surface area is 121 Å². The third-order valence-electron chi connectivity index (χ3n) is 2.38. The van der Waals surface area contributed by atoms with Crippen molar-refractivity contribution in [2.24, 2.45) is 5.10 Å². The summed E-state index contributed by atoms with van der Waals surface area (Å²) in [6.45, 7) is 0. The topological polar surface area (TPSA) is 54.4 Å². The molecule has 4 nitrogen and oxygen atoms in total. The van der Waals surface area contributed by atoms with Crippen molar-refractivity contribution in [1.82, 2.24) is 10.4 Å². The van der Waals surface area contributed by atoms with Gasteiger partial charge in [-0.05, 0) is 23.8 Å². The number of rotatable bonds is 4. The number of carbonyl (C=O) groups is 1. The van der Waals surface area contributed by atoms with Crippen molar-refractivity contribution >= 4 is 29.8 Å². The minimum Gasteiger partial charge on any atom is -0.267 e. The quantitative estimate of drug-likeness (QED) is 0.693. The van der Waals surface area contributed by atoms with Crippen LogP contribution in [0.3, 0.4) is 0 Å². The van der Waals surface area contributed by atoms with Crippen molar-refractivity contribution in [3.8, 4) is 0 Å². The molecule has 1 N–H and O–H groups in total. The zero-order valence-electron chi connectivity index (χ0n) is 10.5. The number of hydrogen-bond acceptors (Lipinski definition) is 3. The Bertz CT molecular complexity index is 624. The molecule has 0 fully saturated rings. The first-order valence-electron chi connectivity index (χ1n) is 5.91. The molecule has 0 aliphatic rings. The van der Waals surface area contributed by atoms with Gasteiger partial charge in [-0.3, -0.25) is 9.78 Å². The van der Waals surface area contributed by atoms with Gasteiger partial charge in [-0.2, -0.15) is 5.10 Å². The molecular weight excluding hydrogens is 274 g/mol. The van der Waals surface area contributed by atoms with Gasteiger partial charge >= 0.3 is 0 Å². The average molecular weight is 286 g/mol. The second-order valence-corrected chi connectivity index (χ2v) is 4.32. The molecule has 0 aliphatic heterocycles. The van der Waals surface area contributed by atoms with E-state index in [2.05, 4.69) is 15.5 Å². The molecule has 1 aromatic heterocycles. The Morgan fingerprint density at radius 3 is 2.70 bits per heavy atom. The number of carbonyl (C=O) groups excluding carboxylic acids is 1. The predicted octanol–water partition coefficient (Wildman–Crippen LogP) is 3.08. The molecule has 0 radical (unpaired) electrons. The highest BCUT2D eigenvalue weighted by molar-refractivity contribution is 6.41. The molecule has 0 saturated carbocycles. The molecule has 100 valence electrons. The maximum absolute atomic E-state index is 11.7. The molecule has 1 aromatic carbocycles. The Kier molecular flexibility index (Phi) is 5.03. The lowest BCUT2D eigenvalue weighted by Gasteiger charge is -1.98. The smallest absolute Gasteiger partial charge is 0.267 e. The molecule has 0 bridgehead atoms. The summed E-state index contributed by atoms with van der Waals surface area (Å²) < 4.78 is 0. The van der Waals surface area contributed by atoms with Crippen molar-refractivity contribution in [2.45, 2.75) is 0 Å².